The highest BCUT2D eigenvalue weighted by Crippen LogP contribution is 2.13. The van der Waals surface area contributed by atoms with Crippen LogP contribution in [0.1, 0.15) is 30.4 Å². The Kier molecular flexibility index (Phi) is 6.02. The number of nitrogens with one attached hydrogen (secondary N) is 2. The zero-order valence-corrected chi connectivity index (χ0v) is 12.3. The summed E-state index contributed by atoms with van der Waals surface area (Å²) in [6.07, 6.45) is 4.03. The van der Waals surface area contributed by atoms with Crippen LogP contribution < -0.4 is 10.6 Å². The van der Waals surface area contributed by atoms with E-state index in [0.717, 1.165) is 12.1 Å². The fourth-order valence-corrected chi connectivity index (χ4v) is 2.56. The normalized spacial score (nSPS) is 16.1. The first-order valence-electron chi connectivity index (χ1n) is 7.49. The molecule has 1 fully saturated rings. The topological polar surface area (TPSA) is 44.4 Å². The lowest BCUT2D eigenvalue weighted by Gasteiger charge is -2.26. The maximum absolute atomic E-state index is 11.4. The highest BCUT2D eigenvalue weighted by atomic mass is 16.1. The van der Waals surface area contributed by atoms with E-state index < -0.39 is 0 Å². The van der Waals surface area contributed by atoms with E-state index in [1.165, 1.54) is 37.9 Å². The Bertz CT molecular complexity index is 410. The first-order valence-corrected chi connectivity index (χ1v) is 7.49. The van der Waals surface area contributed by atoms with E-state index >= 15 is 0 Å². The predicted octanol–water partition coefficient (Wildman–Crippen LogP) is 1.51. The summed E-state index contributed by atoms with van der Waals surface area (Å²) in [5, 5.41) is 5.73. The zero-order valence-electron chi connectivity index (χ0n) is 12.3. The molecule has 0 spiro atoms. The quantitative estimate of drug-likeness (QED) is 0.827. The van der Waals surface area contributed by atoms with Gasteiger partial charge in [-0.3, -0.25) is 9.69 Å². The molecule has 110 valence electrons. The van der Waals surface area contributed by atoms with Crippen LogP contribution in [0, 0.1) is 0 Å². The molecular formula is C16H25N3O. The summed E-state index contributed by atoms with van der Waals surface area (Å²) >= 11 is 0. The predicted molar refractivity (Wildman–Crippen MR) is 81.3 cm³/mol. The van der Waals surface area contributed by atoms with Gasteiger partial charge in [0.15, 0.2) is 0 Å². The minimum Gasteiger partial charge on any atom is -0.351 e. The van der Waals surface area contributed by atoms with Crippen LogP contribution >= 0.6 is 0 Å². The number of benzene rings is 1. The Labute approximate surface area is 121 Å². The van der Waals surface area contributed by atoms with E-state index in [1.807, 2.05) is 0 Å². The van der Waals surface area contributed by atoms with Gasteiger partial charge in [-0.15, -0.1) is 0 Å². The summed E-state index contributed by atoms with van der Waals surface area (Å²) in [6, 6.07) is 8.57. The molecule has 1 aromatic carbocycles. The number of piperidine rings is 1. The van der Waals surface area contributed by atoms with Crippen LogP contribution in [-0.2, 0) is 17.9 Å². The van der Waals surface area contributed by atoms with Crippen LogP contribution in [-0.4, -0.2) is 37.5 Å². The lowest BCUT2D eigenvalue weighted by Crippen LogP contribution is -2.31. The molecule has 2 rings (SSSR count). The van der Waals surface area contributed by atoms with Crippen molar-refractivity contribution in [2.24, 2.45) is 0 Å². The molecule has 2 N–H and O–H groups in total. The minimum absolute atomic E-state index is 0.0323. The molecule has 0 bridgehead atoms. The average molecular weight is 275 g/mol. The minimum atomic E-state index is 0.0323. The number of hydrogen-bond donors (Lipinski definition) is 2. The molecule has 1 saturated heterocycles. The molecule has 4 nitrogen and oxygen atoms in total. The van der Waals surface area contributed by atoms with Crippen molar-refractivity contribution in [3.8, 4) is 0 Å². The van der Waals surface area contributed by atoms with Crippen LogP contribution in [0.2, 0.25) is 0 Å². The molecule has 0 radical (unpaired) electrons. The van der Waals surface area contributed by atoms with Gasteiger partial charge in [0.25, 0.3) is 0 Å². The number of likely N-dealkylation sites (tertiary alicyclic amines) is 1. The van der Waals surface area contributed by atoms with Crippen molar-refractivity contribution >= 4 is 5.91 Å². The molecule has 1 heterocycles. The third-order valence-corrected chi connectivity index (χ3v) is 3.70. The fourth-order valence-electron chi connectivity index (χ4n) is 2.56. The van der Waals surface area contributed by atoms with Gasteiger partial charge in [-0.1, -0.05) is 30.7 Å². The largest absolute Gasteiger partial charge is 0.351 e. The molecule has 0 unspecified atom stereocenters. The van der Waals surface area contributed by atoms with Gasteiger partial charge in [0.1, 0.15) is 0 Å². The van der Waals surface area contributed by atoms with Crippen molar-refractivity contribution in [3.63, 3.8) is 0 Å². The third-order valence-electron chi connectivity index (χ3n) is 3.70. The third kappa shape index (κ3) is 4.94. The van der Waals surface area contributed by atoms with E-state index in [1.54, 1.807) is 7.05 Å². The van der Waals surface area contributed by atoms with Crippen LogP contribution in [0.25, 0.3) is 0 Å². The van der Waals surface area contributed by atoms with Gasteiger partial charge in [0.05, 0.1) is 6.54 Å². The van der Waals surface area contributed by atoms with Gasteiger partial charge in [0.2, 0.25) is 5.91 Å². The van der Waals surface area contributed by atoms with Crippen molar-refractivity contribution in [2.45, 2.75) is 32.4 Å². The molecule has 0 saturated carbocycles. The summed E-state index contributed by atoms with van der Waals surface area (Å²) in [7, 11) is 1.77. The summed E-state index contributed by atoms with van der Waals surface area (Å²) in [5.74, 6) is 0.0323. The molecule has 20 heavy (non-hydrogen) atoms. The number of carbonyl (C=O) groups excluding carboxylic acids is 1. The number of carbonyl (C=O) groups is 1. The summed E-state index contributed by atoms with van der Waals surface area (Å²) in [5.41, 5.74) is 2.51. The molecule has 0 aliphatic carbocycles. The van der Waals surface area contributed by atoms with Gasteiger partial charge in [0, 0.05) is 13.1 Å². The van der Waals surface area contributed by atoms with Crippen molar-refractivity contribution in [2.75, 3.05) is 26.7 Å². The lowest BCUT2D eigenvalue weighted by molar-refractivity contribution is -0.120. The number of nitrogens with zero attached hydrogens (tertiary/aromatic N) is 1. The second-order valence-corrected chi connectivity index (χ2v) is 5.46. The monoisotopic (exact) mass is 275 g/mol. The summed E-state index contributed by atoms with van der Waals surface area (Å²) in [6.45, 7) is 4.47. The van der Waals surface area contributed by atoms with E-state index in [4.69, 9.17) is 0 Å². The first kappa shape index (κ1) is 15.0. The Morgan fingerprint density at radius 3 is 2.40 bits per heavy atom. The summed E-state index contributed by atoms with van der Waals surface area (Å²) in [4.78, 5) is 13.9. The van der Waals surface area contributed by atoms with E-state index in [9.17, 15) is 4.79 Å². The smallest absolute Gasteiger partial charge is 0.234 e. The standard InChI is InChI=1S/C16H25N3O/c1-17-12-16(20)18-11-14-5-7-15(8-6-14)13-19-9-3-2-4-10-19/h5-8,17H,2-4,9-13H2,1H3,(H,18,20). The molecule has 1 aliphatic rings. The second kappa shape index (κ2) is 8.02. The second-order valence-electron chi connectivity index (χ2n) is 5.46. The Balaban J connectivity index is 1.78. The van der Waals surface area contributed by atoms with Crippen LogP contribution in [0.15, 0.2) is 24.3 Å². The molecule has 1 amide bonds. The highest BCUT2D eigenvalue weighted by Gasteiger charge is 2.10. The maximum Gasteiger partial charge on any atom is 0.234 e. The SMILES string of the molecule is CNCC(=O)NCc1ccc(CN2CCCCC2)cc1. The summed E-state index contributed by atoms with van der Waals surface area (Å²) < 4.78 is 0. The van der Waals surface area contributed by atoms with E-state index in [-0.39, 0.29) is 5.91 Å². The molecular weight excluding hydrogens is 250 g/mol. The number of rotatable bonds is 6. The van der Waals surface area contributed by atoms with Crippen LogP contribution in [0.3, 0.4) is 0 Å². The van der Waals surface area contributed by atoms with Crippen LogP contribution in [0.5, 0.6) is 0 Å². The van der Waals surface area contributed by atoms with E-state index in [0.29, 0.717) is 13.1 Å². The lowest BCUT2D eigenvalue weighted by atomic mass is 10.1. The zero-order chi connectivity index (χ0) is 14.2. The van der Waals surface area contributed by atoms with Gasteiger partial charge in [-0.2, -0.15) is 0 Å². The fraction of sp³-hybridized carbons (Fsp3) is 0.562. The first-order chi connectivity index (χ1) is 9.78. The van der Waals surface area contributed by atoms with Crippen molar-refractivity contribution in [1.82, 2.24) is 15.5 Å². The van der Waals surface area contributed by atoms with Gasteiger partial charge in [-0.25, -0.2) is 0 Å². The van der Waals surface area contributed by atoms with Gasteiger partial charge in [-0.05, 0) is 44.1 Å². The van der Waals surface area contributed by atoms with Crippen molar-refractivity contribution in [1.29, 1.82) is 0 Å². The molecule has 1 aliphatic heterocycles. The number of amides is 1. The molecule has 4 heteroatoms. The van der Waals surface area contributed by atoms with Crippen molar-refractivity contribution < 1.29 is 4.79 Å². The highest BCUT2D eigenvalue weighted by molar-refractivity contribution is 5.77. The average Bonchev–Trinajstić information content (AvgIpc) is 2.48. The molecule has 0 atom stereocenters. The maximum atomic E-state index is 11.4. The Morgan fingerprint density at radius 1 is 1.10 bits per heavy atom. The Morgan fingerprint density at radius 2 is 1.75 bits per heavy atom. The number of hydrogen-bond acceptors (Lipinski definition) is 3. The number of likely N-dealkylation sites (N-methyl/N-ethyl adjacent to an activating group) is 1. The van der Waals surface area contributed by atoms with Crippen molar-refractivity contribution in [3.05, 3.63) is 35.4 Å². The molecule has 0 aromatic heterocycles. The van der Waals surface area contributed by atoms with E-state index in [2.05, 4.69) is 39.8 Å². The molecule has 1 aromatic rings. The van der Waals surface area contributed by atoms with Gasteiger partial charge >= 0.3 is 0 Å². The van der Waals surface area contributed by atoms with Crippen LogP contribution in [0.4, 0.5) is 0 Å². The Hall–Kier alpha value is -1.39. The van der Waals surface area contributed by atoms with Gasteiger partial charge < -0.3 is 10.6 Å².